The Morgan fingerprint density at radius 3 is 1.32 bits per heavy atom. The van der Waals surface area contributed by atoms with Gasteiger partial charge in [-0.05, 0) is 0 Å². The van der Waals surface area contributed by atoms with Crippen molar-refractivity contribution in [1.82, 2.24) is 0 Å². The maximum atomic E-state index is 4.40. The molecule has 1 aliphatic rings. The first-order chi connectivity index (χ1) is 9.49. The Kier molecular flexibility index (Phi) is 30.3. The molecule has 0 N–H and O–H groups in total. The van der Waals surface area contributed by atoms with Gasteiger partial charge in [-0.2, -0.15) is 33.2 Å². The molecular formula is C18H41N3Zr. The predicted octanol–water partition coefficient (Wildman–Crippen LogP) is 6.21. The maximum Gasteiger partial charge on any atom is 4.00 e. The molecule has 0 aliphatic heterocycles. The Labute approximate surface area is 161 Å². The van der Waals surface area contributed by atoms with Crippen molar-refractivity contribution >= 4 is 0 Å². The summed E-state index contributed by atoms with van der Waals surface area (Å²) in [6.45, 7) is 16.6. The van der Waals surface area contributed by atoms with E-state index in [1.54, 1.807) is 0 Å². The van der Waals surface area contributed by atoms with Gasteiger partial charge in [-0.25, -0.2) is 0 Å². The van der Waals surface area contributed by atoms with Crippen molar-refractivity contribution in [3.8, 4) is 0 Å². The molecule has 1 saturated carbocycles. The van der Waals surface area contributed by atoms with Gasteiger partial charge in [0.2, 0.25) is 0 Å². The van der Waals surface area contributed by atoms with Crippen LogP contribution in [0.15, 0.2) is 0 Å². The van der Waals surface area contributed by atoms with Crippen LogP contribution in [0.2, 0.25) is 0 Å². The van der Waals surface area contributed by atoms with Crippen LogP contribution in [0.25, 0.3) is 16.0 Å². The average Bonchev–Trinajstić information content (AvgIpc) is 2.97. The van der Waals surface area contributed by atoms with E-state index < -0.39 is 0 Å². The minimum atomic E-state index is 0. The van der Waals surface area contributed by atoms with Crippen molar-refractivity contribution in [2.75, 3.05) is 33.2 Å². The van der Waals surface area contributed by atoms with Crippen molar-refractivity contribution < 1.29 is 26.2 Å². The van der Waals surface area contributed by atoms with Crippen molar-refractivity contribution in [1.29, 1.82) is 0 Å². The smallest absolute Gasteiger partial charge is 0.663 e. The van der Waals surface area contributed by atoms with Gasteiger partial charge in [-0.1, -0.05) is 73.1 Å². The molecule has 0 spiro atoms. The standard InChI is InChI=1S/C9H18N.2C4H10N.CH3.Zr/c1-9(2,10-3)8-6-4-5-7-8;2*1-3-5-4-2;;/h8H,4-7H2,1-3H3;2*3-4H2,1-2H3;1H3;/q4*-1;+4. The minimum Gasteiger partial charge on any atom is -0.663 e. The van der Waals surface area contributed by atoms with Crippen molar-refractivity contribution in [2.45, 2.75) is 72.8 Å². The Balaban J connectivity index is -0.000000117. The van der Waals surface area contributed by atoms with Gasteiger partial charge in [0.1, 0.15) is 0 Å². The molecule has 0 aromatic rings. The molecule has 1 fully saturated rings. The molecule has 1 aliphatic carbocycles. The van der Waals surface area contributed by atoms with Gasteiger partial charge in [0.15, 0.2) is 0 Å². The fourth-order valence-electron chi connectivity index (χ4n) is 2.26. The Morgan fingerprint density at radius 1 is 0.818 bits per heavy atom. The summed E-state index contributed by atoms with van der Waals surface area (Å²) in [6, 6.07) is 0. The third-order valence-corrected chi connectivity index (χ3v) is 3.82. The van der Waals surface area contributed by atoms with Crippen LogP contribution in [0.4, 0.5) is 0 Å². The molecule has 0 heterocycles. The van der Waals surface area contributed by atoms with Crippen LogP contribution >= 0.6 is 0 Å². The zero-order valence-corrected chi connectivity index (χ0v) is 19.0. The van der Waals surface area contributed by atoms with E-state index in [0.29, 0.717) is 0 Å². The summed E-state index contributed by atoms with van der Waals surface area (Å²) in [4.78, 5) is 0. The first-order valence-corrected chi connectivity index (χ1v) is 8.37. The average molecular weight is 391 g/mol. The fourth-order valence-corrected chi connectivity index (χ4v) is 2.26. The fraction of sp³-hybridized carbons (Fsp3) is 0.944. The van der Waals surface area contributed by atoms with Gasteiger partial charge in [0.05, 0.1) is 0 Å². The van der Waals surface area contributed by atoms with Gasteiger partial charge >= 0.3 is 26.2 Å². The van der Waals surface area contributed by atoms with Gasteiger partial charge in [-0.3, -0.25) is 0 Å². The SMILES string of the molecule is CC[N-]CC.CC[N-]CC.C[N-]C(C)(C)C1CCCC1.[CH3-].[Zr+4]. The first kappa shape index (κ1) is 30.6. The number of hydrogen-bond acceptors (Lipinski definition) is 0. The van der Waals surface area contributed by atoms with Crippen LogP contribution in [0.1, 0.15) is 67.2 Å². The van der Waals surface area contributed by atoms with Crippen molar-refractivity contribution in [3.63, 3.8) is 0 Å². The van der Waals surface area contributed by atoms with Crippen LogP contribution in [-0.4, -0.2) is 38.8 Å². The summed E-state index contributed by atoms with van der Waals surface area (Å²) in [5.41, 5.74) is 0.247. The summed E-state index contributed by atoms with van der Waals surface area (Å²) in [5, 5.41) is 12.3. The van der Waals surface area contributed by atoms with E-state index in [0.717, 1.165) is 32.1 Å². The minimum absolute atomic E-state index is 0. The topological polar surface area (TPSA) is 42.3 Å². The summed E-state index contributed by atoms with van der Waals surface area (Å²) in [5.74, 6) is 0.859. The normalized spacial score (nSPS) is 13.8. The molecule has 3 nitrogen and oxygen atoms in total. The maximum absolute atomic E-state index is 4.40. The molecular weight excluding hydrogens is 349 g/mol. The number of rotatable bonds is 6. The van der Waals surface area contributed by atoms with Crippen LogP contribution in [0.5, 0.6) is 0 Å². The Morgan fingerprint density at radius 2 is 1.14 bits per heavy atom. The molecule has 132 valence electrons. The summed E-state index contributed by atoms with van der Waals surface area (Å²) < 4.78 is 0. The Bertz CT molecular complexity index is 171. The van der Waals surface area contributed by atoms with E-state index in [-0.39, 0.29) is 39.2 Å². The van der Waals surface area contributed by atoms with E-state index in [2.05, 4.69) is 29.8 Å². The summed E-state index contributed by atoms with van der Waals surface area (Å²) in [6.07, 6.45) is 5.63. The number of hydrogen-bond donors (Lipinski definition) is 0. The summed E-state index contributed by atoms with van der Waals surface area (Å²) >= 11 is 0. The molecule has 22 heavy (non-hydrogen) atoms. The van der Waals surface area contributed by atoms with E-state index >= 15 is 0 Å². The van der Waals surface area contributed by atoms with E-state index in [1.165, 1.54) is 25.7 Å². The van der Waals surface area contributed by atoms with E-state index in [1.807, 2.05) is 34.7 Å². The quantitative estimate of drug-likeness (QED) is 0.484. The zero-order chi connectivity index (χ0) is 15.9. The summed E-state index contributed by atoms with van der Waals surface area (Å²) in [7, 11) is 1.94. The zero-order valence-electron chi connectivity index (χ0n) is 16.6. The molecule has 0 unspecified atom stereocenters. The van der Waals surface area contributed by atoms with Gasteiger partial charge in [-0.15, -0.1) is 5.54 Å². The molecule has 0 aromatic carbocycles. The third kappa shape index (κ3) is 18.8. The van der Waals surface area contributed by atoms with Gasteiger partial charge in [0, 0.05) is 0 Å². The number of nitrogens with zero attached hydrogens (tertiary/aromatic N) is 3. The molecule has 0 amide bonds. The van der Waals surface area contributed by atoms with Gasteiger partial charge < -0.3 is 23.4 Å². The molecule has 0 radical (unpaired) electrons. The van der Waals surface area contributed by atoms with Crippen LogP contribution in [0, 0.1) is 13.3 Å². The van der Waals surface area contributed by atoms with Crippen molar-refractivity contribution in [3.05, 3.63) is 23.4 Å². The van der Waals surface area contributed by atoms with Crippen molar-refractivity contribution in [2.24, 2.45) is 5.92 Å². The van der Waals surface area contributed by atoms with Gasteiger partial charge in [0.25, 0.3) is 0 Å². The molecule has 0 aromatic heterocycles. The molecule has 0 bridgehead atoms. The van der Waals surface area contributed by atoms with Crippen LogP contribution < -0.4 is 0 Å². The second-order valence-corrected chi connectivity index (χ2v) is 5.57. The van der Waals surface area contributed by atoms with Crippen LogP contribution in [0.3, 0.4) is 0 Å². The Hall–Kier alpha value is 0.763. The van der Waals surface area contributed by atoms with E-state index in [9.17, 15) is 0 Å². The molecule has 0 saturated heterocycles. The van der Waals surface area contributed by atoms with Crippen LogP contribution in [-0.2, 0) is 26.2 Å². The second kappa shape index (κ2) is 21.8. The first-order valence-electron chi connectivity index (χ1n) is 8.37. The predicted molar refractivity (Wildman–Crippen MR) is 101 cm³/mol. The third-order valence-electron chi connectivity index (χ3n) is 3.82. The molecule has 0 atom stereocenters. The largest absolute Gasteiger partial charge is 4.00 e. The second-order valence-electron chi connectivity index (χ2n) is 5.57. The van der Waals surface area contributed by atoms with E-state index in [4.69, 9.17) is 0 Å². The monoisotopic (exact) mass is 389 g/mol. The molecule has 4 heteroatoms. The molecule has 1 rings (SSSR count).